The van der Waals surface area contributed by atoms with Gasteiger partial charge < -0.3 is 34.7 Å². The molecule has 0 amide bonds. The molecule has 0 spiro atoms. The highest BCUT2D eigenvalue weighted by atomic mass is 32.5. The minimum absolute atomic E-state index is 1.34. The van der Waals surface area contributed by atoms with Gasteiger partial charge in [0.2, 0.25) is 0 Å². The largest absolute Gasteiger partial charge is 0.325 e. The van der Waals surface area contributed by atoms with Crippen molar-refractivity contribution in [1.82, 2.24) is 5.32 Å². The van der Waals surface area contributed by atoms with E-state index in [-0.39, 0.29) is 0 Å². The Balaban J connectivity index is -0.0000000487. The van der Waals surface area contributed by atoms with Crippen molar-refractivity contribution in [3.8, 4) is 0 Å². The summed E-state index contributed by atoms with van der Waals surface area (Å²) in [6.45, 7) is 0.812. The van der Waals surface area contributed by atoms with Gasteiger partial charge in [-0.1, -0.05) is 47.0 Å². The van der Waals surface area contributed by atoms with Crippen molar-refractivity contribution in [3.63, 3.8) is 0 Å². The third-order valence-corrected chi connectivity index (χ3v) is 0.707. The molecule has 20 heavy (non-hydrogen) atoms. The van der Waals surface area contributed by atoms with E-state index in [2.05, 4.69) is 42.8 Å². The predicted molar refractivity (Wildman–Crippen MR) is 93.4 cm³/mol. The monoisotopic (exact) mass is 375 g/mol. The van der Waals surface area contributed by atoms with Crippen LogP contribution in [0.15, 0.2) is 0 Å². The van der Waals surface area contributed by atoms with E-state index in [9.17, 15) is 0 Å². The van der Waals surface area contributed by atoms with E-state index < -0.39 is 13.4 Å². The van der Waals surface area contributed by atoms with Crippen LogP contribution in [0.3, 0.4) is 0 Å². The number of unbranched alkanes of at least 4 members (excludes halogenated alkanes) is 2. The van der Waals surface area contributed by atoms with E-state index in [0.717, 1.165) is 0 Å². The van der Waals surface area contributed by atoms with Crippen molar-refractivity contribution in [1.29, 1.82) is 0 Å². The number of hydrogen-bond acceptors (Lipinski definition) is 3. The summed E-state index contributed by atoms with van der Waals surface area (Å²) >= 11 is 7.21. The average molecular weight is 375 g/mol. The Hall–Kier alpha value is 1.02. The van der Waals surface area contributed by atoms with Crippen LogP contribution in [0, 0.1) is 0 Å². The zero-order valence-corrected chi connectivity index (χ0v) is 16.4. The molecule has 0 saturated heterocycles. The molecular weight excluding hydrogens is 344 g/mol. The van der Waals surface area contributed by atoms with Crippen LogP contribution in [0.25, 0.3) is 0 Å². The second-order valence-electron chi connectivity index (χ2n) is 2.88. The zero-order chi connectivity index (χ0) is 17.8. The summed E-state index contributed by atoms with van der Waals surface area (Å²) in [5.41, 5.74) is 0. The molecule has 0 unspecified atom stereocenters. The quantitative estimate of drug-likeness (QED) is 0.358. The third kappa shape index (κ3) is 677. The zero-order valence-electron chi connectivity index (χ0n) is 13.0. The Bertz CT molecular complexity index is 196. The van der Waals surface area contributed by atoms with Crippen LogP contribution in [0.4, 0.5) is 0 Å². The van der Waals surface area contributed by atoms with Crippen LogP contribution in [0.2, 0.25) is 0 Å². The first kappa shape index (κ1) is 32.8. The van der Waals surface area contributed by atoms with Gasteiger partial charge in [-0.2, -0.15) is 0 Å². The molecule has 0 aliphatic rings. The van der Waals surface area contributed by atoms with Crippen molar-refractivity contribution in [2.45, 2.75) is 47.0 Å². The third-order valence-electron chi connectivity index (χ3n) is 0.707. The van der Waals surface area contributed by atoms with Crippen LogP contribution < -0.4 is 5.32 Å². The summed E-state index contributed by atoms with van der Waals surface area (Å²) in [5, 5.41) is 2.75. The Labute approximate surface area is 133 Å². The summed E-state index contributed by atoms with van der Waals surface area (Å²) < 4.78 is 0. The molecule has 0 atom stereocenters. The normalized spacial score (nSPS) is 9.20. The molecule has 7 N–H and O–H groups in total. The molecule has 0 fully saturated rings. The number of hydrogen-bond donors (Lipinski definition) is 7. The fourth-order valence-corrected chi connectivity index (χ4v) is 0.354. The first-order valence-corrected chi connectivity index (χ1v) is 11.3. The van der Waals surface area contributed by atoms with Crippen molar-refractivity contribution >= 4 is 37.1 Å². The molecule has 0 heterocycles. The molecule has 0 aromatic heterocycles. The minimum atomic E-state index is -3.81. The molecule has 0 aliphatic heterocycles. The summed E-state index contributed by atoms with van der Waals surface area (Å²) in [4.78, 5) is 45.3. The van der Waals surface area contributed by atoms with E-state index in [0.29, 0.717) is 0 Å². The molecule has 0 aliphatic carbocycles. The van der Waals surface area contributed by atoms with Gasteiger partial charge in [0.1, 0.15) is 0 Å². The Morgan fingerprint density at radius 2 is 0.850 bits per heavy atom. The highest BCUT2D eigenvalue weighted by Gasteiger charge is 1.92. The van der Waals surface area contributed by atoms with Crippen LogP contribution in [0.5, 0.6) is 0 Å². The molecule has 0 bridgehead atoms. The van der Waals surface area contributed by atoms with Crippen molar-refractivity contribution in [2.24, 2.45) is 0 Å². The fourth-order valence-electron chi connectivity index (χ4n) is 0.354. The summed E-state index contributed by atoms with van der Waals surface area (Å²) in [6, 6.07) is 0. The second-order valence-corrected chi connectivity index (χ2v) is 7.87. The Kier molecular flexibility index (Phi) is 41.0. The SMILES string of the molecule is CC.CCCCC.CNC.OP(O)(O)=S.OP(O)(O)=S. The average Bonchev–Trinajstić information content (AvgIpc) is 2.18. The van der Waals surface area contributed by atoms with Crippen LogP contribution in [-0.2, 0) is 23.6 Å². The van der Waals surface area contributed by atoms with Crippen molar-refractivity contribution in [3.05, 3.63) is 0 Å². The lowest BCUT2D eigenvalue weighted by Gasteiger charge is -1.88. The maximum Gasteiger partial charge on any atom is 0.319 e. The van der Waals surface area contributed by atoms with E-state index >= 15 is 0 Å². The fraction of sp³-hybridized carbons (Fsp3) is 1.00. The molecule has 7 nitrogen and oxygen atoms in total. The van der Waals surface area contributed by atoms with Gasteiger partial charge in [-0.3, -0.25) is 0 Å². The van der Waals surface area contributed by atoms with Gasteiger partial charge in [0.25, 0.3) is 0 Å². The molecule has 0 saturated carbocycles. The molecule has 0 radical (unpaired) electrons. The minimum Gasteiger partial charge on any atom is -0.325 e. The van der Waals surface area contributed by atoms with Crippen LogP contribution >= 0.6 is 13.4 Å². The van der Waals surface area contributed by atoms with Gasteiger partial charge in [0.15, 0.2) is 0 Å². The standard InChI is InChI=1S/C5H12.C2H7N.C2H6.2H3O3PS/c1-3-5-4-2;1-3-2;1-2;2*1-4(2,3)5/h3-5H2,1-2H3;3H,1-2H3;1-2H3;2*(H3,1,2,3,5). The van der Waals surface area contributed by atoms with Gasteiger partial charge in [-0.05, 0) is 37.7 Å². The van der Waals surface area contributed by atoms with Gasteiger partial charge in [-0.15, -0.1) is 0 Å². The highest BCUT2D eigenvalue weighted by molar-refractivity contribution is 8.06. The van der Waals surface area contributed by atoms with Crippen LogP contribution in [-0.4, -0.2) is 43.5 Å². The molecular formula is C9H31NO6P2S2. The number of nitrogens with one attached hydrogen (secondary N) is 1. The summed E-state index contributed by atoms with van der Waals surface area (Å²) in [5.74, 6) is 0. The molecule has 130 valence electrons. The van der Waals surface area contributed by atoms with Gasteiger partial charge in [-0.25, -0.2) is 0 Å². The molecule has 0 aromatic carbocycles. The van der Waals surface area contributed by atoms with E-state index in [1.807, 2.05) is 27.9 Å². The molecule has 0 rings (SSSR count). The van der Waals surface area contributed by atoms with E-state index in [1.54, 1.807) is 0 Å². The van der Waals surface area contributed by atoms with Gasteiger partial charge in [0, 0.05) is 0 Å². The molecule has 11 heteroatoms. The summed E-state index contributed by atoms with van der Waals surface area (Å²) in [7, 11) is 3.75. The lowest BCUT2D eigenvalue weighted by Crippen LogP contribution is -1.89. The Morgan fingerprint density at radius 1 is 0.750 bits per heavy atom. The van der Waals surface area contributed by atoms with Crippen LogP contribution in [0.1, 0.15) is 47.0 Å². The van der Waals surface area contributed by atoms with Gasteiger partial charge >= 0.3 is 13.4 Å². The van der Waals surface area contributed by atoms with Crippen molar-refractivity contribution < 1.29 is 29.4 Å². The lowest BCUT2D eigenvalue weighted by atomic mass is 10.3. The smallest absolute Gasteiger partial charge is 0.319 e. The number of rotatable bonds is 2. The Morgan fingerprint density at radius 3 is 0.850 bits per heavy atom. The van der Waals surface area contributed by atoms with Crippen molar-refractivity contribution in [2.75, 3.05) is 14.1 Å². The van der Waals surface area contributed by atoms with E-state index in [4.69, 9.17) is 29.4 Å². The topological polar surface area (TPSA) is 133 Å². The predicted octanol–water partition coefficient (Wildman–Crippen LogP) is 1.43. The first-order chi connectivity index (χ1) is 8.83. The maximum atomic E-state index is 7.56. The molecule has 0 aromatic rings. The lowest BCUT2D eigenvalue weighted by molar-refractivity contribution is 0.361. The van der Waals surface area contributed by atoms with Gasteiger partial charge in [0.05, 0.1) is 0 Å². The highest BCUT2D eigenvalue weighted by Crippen LogP contribution is 2.26. The van der Waals surface area contributed by atoms with E-state index in [1.165, 1.54) is 19.3 Å². The first-order valence-electron chi connectivity index (χ1n) is 5.98. The second kappa shape index (κ2) is 25.0. The maximum absolute atomic E-state index is 7.56. The summed E-state index contributed by atoms with van der Waals surface area (Å²) in [6.07, 6.45) is 4.08.